The van der Waals surface area contributed by atoms with Gasteiger partial charge in [0.05, 0.1) is 60.4 Å². The lowest BCUT2D eigenvalue weighted by Crippen LogP contribution is -2.10. The van der Waals surface area contributed by atoms with Crippen molar-refractivity contribution in [3.63, 3.8) is 0 Å². The summed E-state index contributed by atoms with van der Waals surface area (Å²) in [6, 6.07) is 13.3. The van der Waals surface area contributed by atoms with Crippen molar-refractivity contribution in [1.29, 1.82) is 0 Å². The number of carbonyl (C=O) groups is 2. The molecule has 262 valence electrons. The Morgan fingerprint density at radius 2 is 0.674 bits per heavy atom. The zero-order chi connectivity index (χ0) is 34.8. The maximum absolute atomic E-state index is 11.1. The highest BCUT2D eigenvalue weighted by Gasteiger charge is 2.33. The quantitative estimate of drug-likeness (QED) is 0.0991. The molecule has 0 atom stereocenters. The summed E-state index contributed by atoms with van der Waals surface area (Å²) < 4.78 is 0. The number of carboxylic acids is 2. The van der Waals surface area contributed by atoms with Crippen molar-refractivity contribution in [2.75, 3.05) is 49.3 Å². The number of benzene rings is 2. The highest BCUT2D eigenvalue weighted by atomic mass is 33.1. The van der Waals surface area contributed by atoms with Crippen molar-refractivity contribution in [2.24, 2.45) is 0 Å². The zero-order valence-corrected chi connectivity index (χ0v) is 33.8. The van der Waals surface area contributed by atoms with E-state index in [1.54, 1.807) is 85.7 Å². The third-order valence-corrected chi connectivity index (χ3v) is 21.7. The van der Waals surface area contributed by atoms with Gasteiger partial charge < -0.3 is 10.2 Å². The summed E-state index contributed by atoms with van der Waals surface area (Å²) in [6.45, 7) is 18.9. The van der Waals surface area contributed by atoms with Crippen LogP contribution in [0, 0.1) is 0 Å². The Kier molecular flexibility index (Phi) is 26.2. The van der Waals surface area contributed by atoms with Crippen LogP contribution in [0.4, 0.5) is 0 Å². The van der Waals surface area contributed by atoms with Crippen LogP contribution in [0.1, 0.15) is 127 Å². The van der Waals surface area contributed by atoms with Gasteiger partial charge in [0.1, 0.15) is 0 Å². The largest absolute Gasteiger partial charge is 0.478 e. The molecular weight excluding hydrogens is 646 g/mol. The van der Waals surface area contributed by atoms with Gasteiger partial charge in [-0.3, -0.25) is 0 Å². The van der Waals surface area contributed by atoms with E-state index in [0.717, 1.165) is 0 Å². The van der Waals surface area contributed by atoms with E-state index in [2.05, 4.69) is 55.4 Å². The fourth-order valence-electron chi connectivity index (χ4n) is 6.66. The second-order valence-electron chi connectivity index (χ2n) is 12.2. The van der Waals surface area contributed by atoms with Crippen LogP contribution < -0.4 is 0 Å². The second-order valence-corrected chi connectivity index (χ2v) is 23.4. The molecule has 0 aliphatic heterocycles. The Balaban J connectivity index is 0.000000691. The maximum Gasteiger partial charge on any atom is 0.336 e. The standard InChI is InChI=1S/C14H10O4S2.2C12H28P/c15-13(16)9-5-1-3-7-11(9)19-20-12-8-4-2-6-10(12)14(17)18;2*1-5-9-13(10-6-2,11-7-3)12-8-4/h1-8H,(H,15,16)(H,17,18);2*5-12H2,1-4H3/q;2*+1. The van der Waals surface area contributed by atoms with Gasteiger partial charge in [-0.05, 0) is 75.6 Å². The molecule has 0 aliphatic carbocycles. The molecule has 0 aliphatic rings. The molecule has 0 bridgehead atoms. The van der Waals surface area contributed by atoms with E-state index in [-0.39, 0.29) is 11.1 Å². The number of hydrogen-bond acceptors (Lipinski definition) is 4. The predicted octanol–water partition coefficient (Wildman–Crippen LogP) is 13.2. The molecule has 0 radical (unpaired) electrons. The Labute approximate surface area is 292 Å². The number of hydrogen-bond donors (Lipinski definition) is 2. The third-order valence-electron chi connectivity index (χ3n) is 8.04. The van der Waals surface area contributed by atoms with E-state index < -0.39 is 26.5 Å². The Hall–Kier alpha value is -1.06. The molecule has 2 N–H and O–H groups in total. The van der Waals surface area contributed by atoms with Crippen LogP contribution in [0.25, 0.3) is 0 Å². The second kappa shape index (κ2) is 26.8. The van der Waals surface area contributed by atoms with Crippen molar-refractivity contribution in [3.8, 4) is 0 Å². The first-order valence-corrected chi connectivity index (χ1v) is 25.0. The molecule has 0 saturated carbocycles. The van der Waals surface area contributed by atoms with Gasteiger partial charge in [0.25, 0.3) is 0 Å². The SMILES string of the molecule is CCC[P+](CCC)(CCC)CCC.CCC[P+](CCC)(CCC)CCC.O=C(O)c1ccccc1SSc1ccccc1C(=O)O. The maximum atomic E-state index is 11.1. The monoisotopic (exact) mass is 712 g/mol. The van der Waals surface area contributed by atoms with Crippen LogP contribution in [-0.4, -0.2) is 71.4 Å². The molecule has 0 amide bonds. The Morgan fingerprint density at radius 3 is 0.870 bits per heavy atom. The molecular formula is C38H66O4P2S2+2. The van der Waals surface area contributed by atoms with E-state index in [1.165, 1.54) is 85.1 Å². The molecule has 46 heavy (non-hydrogen) atoms. The van der Waals surface area contributed by atoms with Crippen molar-refractivity contribution >= 4 is 48.1 Å². The highest BCUT2D eigenvalue weighted by Crippen LogP contribution is 2.61. The van der Waals surface area contributed by atoms with Crippen LogP contribution in [0.15, 0.2) is 58.3 Å². The van der Waals surface area contributed by atoms with E-state index in [4.69, 9.17) is 10.2 Å². The van der Waals surface area contributed by atoms with E-state index in [0.29, 0.717) is 9.79 Å². The smallest absolute Gasteiger partial charge is 0.336 e. The van der Waals surface area contributed by atoms with Crippen LogP contribution in [-0.2, 0) is 0 Å². The van der Waals surface area contributed by atoms with Crippen LogP contribution in [0.3, 0.4) is 0 Å². The molecule has 2 aromatic rings. The van der Waals surface area contributed by atoms with E-state index in [1.807, 2.05) is 0 Å². The predicted molar refractivity (Wildman–Crippen MR) is 214 cm³/mol. The number of rotatable bonds is 21. The summed E-state index contributed by atoms with van der Waals surface area (Å²) in [7, 11) is 1.47. The lowest BCUT2D eigenvalue weighted by molar-refractivity contribution is 0.0682. The Morgan fingerprint density at radius 1 is 0.457 bits per heavy atom. The summed E-state index contributed by atoms with van der Waals surface area (Å²) in [4.78, 5) is 23.4. The van der Waals surface area contributed by atoms with Crippen LogP contribution in [0.5, 0.6) is 0 Å². The number of carboxylic acid groups (broad SMARTS) is 2. The first-order valence-electron chi connectivity index (χ1n) is 17.8. The summed E-state index contributed by atoms with van der Waals surface area (Å²) in [6.07, 6.45) is 23.7. The van der Waals surface area contributed by atoms with Crippen molar-refractivity contribution in [3.05, 3.63) is 59.7 Å². The van der Waals surface area contributed by atoms with Gasteiger partial charge in [0, 0.05) is 24.3 Å². The molecule has 0 heterocycles. The lowest BCUT2D eigenvalue weighted by Gasteiger charge is -2.26. The molecule has 4 nitrogen and oxygen atoms in total. The summed E-state index contributed by atoms with van der Waals surface area (Å²) in [5, 5.41) is 18.2. The average Bonchev–Trinajstić information content (AvgIpc) is 3.02. The fourth-order valence-corrected chi connectivity index (χ4v) is 19.3. The first kappa shape index (κ1) is 44.9. The molecule has 2 aromatic carbocycles. The van der Waals surface area contributed by atoms with Crippen LogP contribution >= 0.6 is 36.1 Å². The van der Waals surface area contributed by atoms with Gasteiger partial charge in [-0.2, -0.15) is 0 Å². The molecule has 0 spiro atoms. The van der Waals surface area contributed by atoms with Gasteiger partial charge in [0.15, 0.2) is 0 Å². The van der Waals surface area contributed by atoms with E-state index in [9.17, 15) is 9.59 Å². The van der Waals surface area contributed by atoms with Gasteiger partial charge in [-0.1, -0.05) is 101 Å². The van der Waals surface area contributed by atoms with Crippen molar-refractivity contribution in [2.45, 2.75) is 117 Å². The minimum atomic E-state index is -1.000. The van der Waals surface area contributed by atoms with Gasteiger partial charge >= 0.3 is 11.9 Å². The lowest BCUT2D eigenvalue weighted by atomic mass is 10.2. The van der Waals surface area contributed by atoms with Gasteiger partial charge in [-0.25, -0.2) is 9.59 Å². The first-order chi connectivity index (χ1) is 22.1. The van der Waals surface area contributed by atoms with E-state index >= 15 is 0 Å². The fraction of sp³-hybridized carbons (Fsp3) is 0.632. The topological polar surface area (TPSA) is 74.6 Å². The molecule has 8 heteroatoms. The van der Waals surface area contributed by atoms with Gasteiger partial charge in [-0.15, -0.1) is 0 Å². The summed E-state index contributed by atoms with van der Waals surface area (Å²) in [5.41, 5.74) is 0.413. The summed E-state index contributed by atoms with van der Waals surface area (Å²) in [5.74, 6) is -2.00. The van der Waals surface area contributed by atoms with Gasteiger partial charge in [0.2, 0.25) is 0 Å². The van der Waals surface area contributed by atoms with Crippen LogP contribution in [0.2, 0.25) is 0 Å². The molecule has 0 unspecified atom stereocenters. The highest BCUT2D eigenvalue weighted by molar-refractivity contribution is 8.76. The van der Waals surface area contributed by atoms with Crippen molar-refractivity contribution in [1.82, 2.24) is 0 Å². The third kappa shape index (κ3) is 17.4. The summed E-state index contributed by atoms with van der Waals surface area (Å²) >= 11 is 0. The molecule has 0 fully saturated rings. The average molecular weight is 713 g/mol. The molecule has 0 saturated heterocycles. The van der Waals surface area contributed by atoms with Crippen molar-refractivity contribution < 1.29 is 19.8 Å². The zero-order valence-electron chi connectivity index (χ0n) is 30.4. The minimum Gasteiger partial charge on any atom is -0.478 e. The Bertz CT molecular complexity index is 951. The molecule has 2 rings (SSSR count). The minimum absolute atomic E-state index is 0.206. The normalized spacial score (nSPS) is 11.2. The molecule has 0 aromatic heterocycles. The number of aromatic carboxylic acids is 2.